The van der Waals surface area contributed by atoms with E-state index in [2.05, 4.69) is 15.2 Å². The van der Waals surface area contributed by atoms with Crippen LogP contribution in [0.2, 0.25) is 0 Å². The third-order valence-corrected chi connectivity index (χ3v) is 5.04. The standard InChI is InChI=1S/C18H22N4O3/c23-18(15-5-7-20-21-15)22-8-9-25-17-14(3-4-16(17)22)12-24-11-13-2-1-6-19-10-13/h1-2,5-7,10,14,16-17H,3-4,8-9,11-12H2,(H,20,21)/t14-,16+,17+/m0/s1. The van der Waals surface area contributed by atoms with Crippen LogP contribution < -0.4 is 0 Å². The van der Waals surface area contributed by atoms with Gasteiger partial charge < -0.3 is 14.4 Å². The number of rotatable bonds is 5. The minimum atomic E-state index is 0.00716. The predicted molar refractivity (Wildman–Crippen MR) is 89.8 cm³/mol. The Labute approximate surface area is 146 Å². The summed E-state index contributed by atoms with van der Waals surface area (Å²) in [6, 6.07) is 5.76. The molecular formula is C18H22N4O3. The first kappa shape index (κ1) is 16.2. The number of amides is 1. The smallest absolute Gasteiger partial charge is 0.272 e. The molecule has 0 spiro atoms. The number of hydrogen-bond acceptors (Lipinski definition) is 5. The number of hydrogen-bond donors (Lipinski definition) is 1. The number of H-pyrrole nitrogens is 1. The van der Waals surface area contributed by atoms with Crippen molar-refractivity contribution in [2.45, 2.75) is 31.6 Å². The van der Waals surface area contributed by atoms with Gasteiger partial charge in [-0.15, -0.1) is 0 Å². The van der Waals surface area contributed by atoms with E-state index in [1.165, 1.54) is 0 Å². The number of carbonyl (C=O) groups excluding carboxylic acids is 1. The molecule has 0 bridgehead atoms. The Bertz CT molecular complexity index is 692. The van der Waals surface area contributed by atoms with Crippen molar-refractivity contribution >= 4 is 5.91 Å². The Morgan fingerprint density at radius 1 is 1.36 bits per heavy atom. The number of fused-ring (bicyclic) bond motifs is 1. The molecule has 0 radical (unpaired) electrons. The first-order valence-electron chi connectivity index (χ1n) is 8.71. The SMILES string of the molecule is O=C(c1ccn[nH]1)N1CCO[C@@H]2[C@H](COCc3cccnc3)CC[C@H]21. The molecule has 0 unspecified atom stereocenters. The summed E-state index contributed by atoms with van der Waals surface area (Å²) in [5.74, 6) is 0.326. The van der Waals surface area contributed by atoms with Crippen molar-refractivity contribution in [2.75, 3.05) is 19.8 Å². The molecule has 2 aliphatic rings. The average Bonchev–Trinajstić information content (AvgIpc) is 3.32. The van der Waals surface area contributed by atoms with Crippen molar-refractivity contribution in [3.05, 3.63) is 48.0 Å². The van der Waals surface area contributed by atoms with Crippen LogP contribution in [-0.4, -0.2) is 57.9 Å². The molecule has 1 aliphatic heterocycles. The monoisotopic (exact) mass is 342 g/mol. The molecule has 2 aromatic heterocycles. The Kier molecular flexibility index (Phi) is 4.76. The maximum absolute atomic E-state index is 12.7. The van der Waals surface area contributed by atoms with Crippen molar-refractivity contribution in [3.63, 3.8) is 0 Å². The van der Waals surface area contributed by atoms with Gasteiger partial charge in [0.25, 0.3) is 5.91 Å². The summed E-state index contributed by atoms with van der Waals surface area (Å²) in [7, 11) is 0. The normalized spacial score (nSPS) is 25.8. The fraction of sp³-hybridized carbons (Fsp3) is 0.500. The van der Waals surface area contributed by atoms with Gasteiger partial charge in [-0.1, -0.05) is 6.07 Å². The number of pyridine rings is 1. The first-order chi connectivity index (χ1) is 12.3. The summed E-state index contributed by atoms with van der Waals surface area (Å²) in [5.41, 5.74) is 1.61. The van der Waals surface area contributed by atoms with Crippen LogP contribution in [0.15, 0.2) is 36.8 Å². The third kappa shape index (κ3) is 3.43. The van der Waals surface area contributed by atoms with Crippen LogP contribution in [0.25, 0.3) is 0 Å². The van der Waals surface area contributed by atoms with E-state index < -0.39 is 0 Å². The third-order valence-electron chi connectivity index (χ3n) is 5.04. The molecule has 1 N–H and O–H groups in total. The number of nitrogens with zero attached hydrogens (tertiary/aromatic N) is 3. The van der Waals surface area contributed by atoms with E-state index in [-0.39, 0.29) is 18.1 Å². The van der Waals surface area contributed by atoms with Crippen LogP contribution in [0.3, 0.4) is 0 Å². The summed E-state index contributed by atoms with van der Waals surface area (Å²) in [5, 5.41) is 6.64. The molecule has 132 valence electrons. The molecule has 1 amide bonds. The van der Waals surface area contributed by atoms with Gasteiger partial charge in [0.05, 0.1) is 32.0 Å². The predicted octanol–water partition coefficient (Wildman–Crippen LogP) is 1.64. The second-order valence-corrected chi connectivity index (χ2v) is 6.59. The lowest BCUT2D eigenvalue weighted by atomic mass is 10.0. The molecule has 1 aliphatic carbocycles. The van der Waals surface area contributed by atoms with Gasteiger partial charge in [0, 0.05) is 31.1 Å². The highest BCUT2D eigenvalue weighted by molar-refractivity contribution is 5.92. The molecule has 2 fully saturated rings. The molecule has 3 heterocycles. The minimum absolute atomic E-state index is 0.00716. The Morgan fingerprint density at radius 3 is 3.12 bits per heavy atom. The zero-order chi connectivity index (χ0) is 17.1. The zero-order valence-corrected chi connectivity index (χ0v) is 14.0. The van der Waals surface area contributed by atoms with Gasteiger partial charge in [-0.25, -0.2) is 0 Å². The lowest BCUT2D eigenvalue weighted by molar-refractivity contribution is -0.0766. The number of nitrogens with one attached hydrogen (secondary N) is 1. The van der Waals surface area contributed by atoms with Gasteiger partial charge in [-0.05, 0) is 30.5 Å². The number of carbonyl (C=O) groups is 1. The van der Waals surface area contributed by atoms with Gasteiger partial charge in [-0.2, -0.15) is 5.10 Å². The highest BCUT2D eigenvalue weighted by atomic mass is 16.5. The van der Waals surface area contributed by atoms with Crippen LogP contribution in [0.5, 0.6) is 0 Å². The average molecular weight is 342 g/mol. The number of morpholine rings is 1. The van der Waals surface area contributed by atoms with Crippen molar-refractivity contribution in [3.8, 4) is 0 Å². The van der Waals surface area contributed by atoms with Gasteiger partial charge in [0.2, 0.25) is 0 Å². The van der Waals surface area contributed by atoms with E-state index in [9.17, 15) is 4.79 Å². The minimum Gasteiger partial charge on any atom is -0.376 e. The molecule has 4 rings (SSSR count). The Balaban J connectivity index is 1.35. The molecular weight excluding hydrogens is 320 g/mol. The van der Waals surface area contributed by atoms with Crippen molar-refractivity contribution in [1.29, 1.82) is 0 Å². The van der Waals surface area contributed by atoms with Crippen LogP contribution in [-0.2, 0) is 16.1 Å². The summed E-state index contributed by atoms with van der Waals surface area (Å²) < 4.78 is 11.9. The molecule has 7 heteroatoms. The Morgan fingerprint density at radius 2 is 2.32 bits per heavy atom. The van der Waals surface area contributed by atoms with Crippen molar-refractivity contribution < 1.29 is 14.3 Å². The number of aromatic nitrogens is 3. The maximum Gasteiger partial charge on any atom is 0.272 e. The van der Waals surface area contributed by atoms with Gasteiger partial charge in [-0.3, -0.25) is 14.9 Å². The van der Waals surface area contributed by atoms with E-state index in [1.807, 2.05) is 23.2 Å². The molecule has 3 atom stereocenters. The van der Waals surface area contributed by atoms with E-state index in [0.29, 0.717) is 38.0 Å². The largest absolute Gasteiger partial charge is 0.376 e. The molecule has 1 saturated carbocycles. The fourth-order valence-corrected chi connectivity index (χ4v) is 3.83. The lowest BCUT2D eigenvalue weighted by Crippen LogP contribution is -2.53. The van der Waals surface area contributed by atoms with Crippen LogP contribution in [0.4, 0.5) is 0 Å². The summed E-state index contributed by atoms with van der Waals surface area (Å²) in [6.45, 7) is 2.39. The number of ether oxygens (including phenoxy) is 2. The Hall–Kier alpha value is -2.25. The summed E-state index contributed by atoms with van der Waals surface area (Å²) in [6.07, 6.45) is 7.19. The topological polar surface area (TPSA) is 80.3 Å². The highest BCUT2D eigenvalue weighted by Crippen LogP contribution is 2.35. The highest BCUT2D eigenvalue weighted by Gasteiger charge is 2.44. The van der Waals surface area contributed by atoms with Crippen LogP contribution in [0.1, 0.15) is 28.9 Å². The van der Waals surface area contributed by atoms with Gasteiger partial charge in [0.15, 0.2) is 0 Å². The quantitative estimate of drug-likeness (QED) is 0.893. The van der Waals surface area contributed by atoms with E-state index in [1.54, 1.807) is 18.5 Å². The van der Waals surface area contributed by atoms with Crippen molar-refractivity contribution in [2.24, 2.45) is 5.92 Å². The zero-order valence-electron chi connectivity index (χ0n) is 14.0. The van der Waals surface area contributed by atoms with E-state index >= 15 is 0 Å². The van der Waals surface area contributed by atoms with Gasteiger partial charge in [0.1, 0.15) is 5.69 Å². The lowest BCUT2D eigenvalue weighted by Gasteiger charge is -2.39. The van der Waals surface area contributed by atoms with Crippen molar-refractivity contribution in [1.82, 2.24) is 20.1 Å². The molecule has 0 aromatic carbocycles. The summed E-state index contributed by atoms with van der Waals surface area (Å²) in [4.78, 5) is 18.7. The van der Waals surface area contributed by atoms with Gasteiger partial charge >= 0.3 is 0 Å². The number of aromatic amines is 1. The first-order valence-corrected chi connectivity index (χ1v) is 8.71. The molecule has 2 aromatic rings. The molecule has 25 heavy (non-hydrogen) atoms. The second-order valence-electron chi connectivity index (χ2n) is 6.59. The van der Waals surface area contributed by atoms with Crippen LogP contribution in [0, 0.1) is 5.92 Å². The molecule has 1 saturated heterocycles. The molecule has 7 nitrogen and oxygen atoms in total. The van der Waals surface area contributed by atoms with E-state index in [4.69, 9.17) is 9.47 Å². The maximum atomic E-state index is 12.7. The fourth-order valence-electron chi connectivity index (χ4n) is 3.83. The van der Waals surface area contributed by atoms with Crippen LogP contribution >= 0.6 is 0 Å². The second kappa shape index (κ2) is 7.33. The van der Waals surface area contributed by atoms with E-state index in [0.717, 1.165) is 18.4 Å². The summed E-state index contributed by atoms with van der Waals surface area (Å²) >= 11 is 0.